The average Bonchev–Trinajstić information content (AvgIpc) is 2.35. The van der Waals surface area contributed by atoms with Crippen molar-refractivity contribution in [1.29, 1.82) is 10.5 Å². The third-order valence-corrected chi connectivity index (χ3v) is 3.68. The molecule has 18 heavy (non-hydrogen) atoms. The van der Waals surface area contributed by atoms with E-state index >= 15 is 0 Å². The Hall–Kier alpha value is -1.96. The summed E-state index contributed by atoms with van der Waals surface area (Å²) in [5.74, 6) is -0.142. The molecule has 1 aromatic heterocycles. The van der Waals surface area contributed by atoms with Crippen molar-refractivity contribution in [3.8, 4) is 12.1 Å². The van der Waals surface area contributed by atoms with Crippen molar-refractivity contribution < 1.29 is 8.42 Å². The number of nitriles is 2. The largest absolute Gasteiger partial charge is 0.244 e. The first-order valence-corrected chi connectivity index (χ1v) is 6.67. The molecule has 1 rings (SSSR count). The molecule has 1 atom stereocenters. The van der Waals surface area contributed by atoms with Gasteiger partial charge < -0.3 is 0 Å². The molecule has 0 aliphatic heterocycles. The standard InChI is InChI=1S/C11H12N4O2S/c1-8(2)11(6-13)15-18(16,17)10-4-3-9(5-12)14-7-10/h3-4,7-8,11,15H,1-2H3. The number of sulfonamides is 1. The van der Waals surface area contributed by atoms with Crippen LogP contribution in [0.1, 0.15) is 19.5 Å². The van der Waals surface area contributed by atoms with Gasteiger partial charge >= 0.3 is 0 Å². The van der Waals surface area contributed by atoms with Gasteiger partial charge in [-0.2, -0.15) is 15.2 Å². The van der Waals surface area contributed by atoms with Crippen LogP contribution >= 0.6 is 0 Å². The first kappa shape index (κ1) is 14.1. The molecule has 0 aromatic carbocycles. The van der Waals surface area contributed by atoms with E-state index in [0.717, 1.165) is 6.20 Å². The van der Waals surface area contributed by atoms with Crippen LogP contribution in [-0.4, -0.2) is 19.4 Å². The van der Waals surface area contributed by atoms with Gasteiger partial charge in [0.05, 0.1) is 6.07 Å². The quantitative estimate of drug-likeness (QED) is 0.864. The Labute approximate surface area is 106 Å². The minimum absolute atomic E-state index is 0.0672. The number of rotatable bonds is 4. The smallest absolute Gasteiger partial charge is 0.243 e. The molecule has 0 fully saturated rings. The highest BCUT2D eigenvalue weighted by atomic mass is 32.2. The summed E-state index contributed by atoms with van der Waals surface area (Å²) in [5.41, 5.74) is 0.134. The molecule has 0 bridgehead atoms. The molecule has 94 valence electrons. The zero-order chi connectivity index (χ0) is 13.8. The average molecular weight is 264 g/mol. The van der Waals surface area contributed by atoms with Gasteiger partial charge in [0.1, 0.15) is 22.7 Å². The monoisotopic (exact) mass is 264 g/mol. The predicted molar refractivity (Wildman–Crippen MR) is 63.5 cm³/mol. The zero-order valence-electron chi connectivity index (χ0n) is 9.95. The van der Waals surface area contributed by atoms with Crippen molar-refractivity contribution in [3.63, 3.8) is 0 Å². The minimum Gasteiger partial charge on any atom is -0.244 e. The Bertz CT molecular complexity index is 593. The first-order valence-electron chi connectivity index (χ1n) is 5.19. The van der Waals surface area contributed by atoms with E-state index in [2.05, 4.69) is 9.71 Å². The van der Waals surface area contributed by atoms with Crippen LogP contribution in [-0.2, 0) is 10.0 Å². The molecule has 0 amide bonds. The summed E-state index contributed by atoms with van der Waals surface area (Å²) < 4.78 is 26.1. The second-order valence-corrected chi connectivity index (χ2v) is 5.68. The molecule has 0 saturated carbocycles. The van der Waals surface area contributed by atoms with Crippen LogP contribution in [0.25, 0.3) is 0 Å². The Morgan fingerprint density at radius 1 is 1.33 bits per heavy atom. The lowest BCUT2D eigenvalue weighted by atomic mass is 10.1. The second-order valence-electron chi connectivity index (χ2n) is 3.96. The Morgan fingerprint density at radius 3 is 2.39 bits per heavy atom. The van der Waals surface area contributed by atoms with Gasteiger partial charge in [0.15, 0.2) is 0 Å². The van der Waals surface area contributed by atoms with Crippen LogP contribution in [0.2, 0.25) is 0 Å². The maximum absolute atomic E-state index is 11.9. The van der Waals surface area contributed by atoms with Gasteiger partial charge in [-0.1, -0.05) is 13.8 Å². The highest BCUT2D eigenvalue weighted by molar-refractivity contribution is 7.89. The number of aromatic nitrogens is 1. The zero-order valence-corrected chi connectivity index (χ0v) is 10.8. The van der Waals surface area contributed by atoms with E-state index in [0.29, 0.717) is 0 Å². The first-order chi connectivity index (χ1) is 8.40. The van der Waals surface area contributed by atoms with Gasteiger partial charge in [0, 0.05) is 6.20 Å². The third-order valence-electron chi connectivity index (χ3n) is 2.25. The maximum Gasteiger partial charge on any atom is 0.243 e. The Morgan fingerprint density at radius 2 is 2.00 bits per heavy atom. The Balaban J connectivity index is 3.00. The lowest BCUT2D eigenvalue weighted by Gasteiger charge is -2.14. The molecule has 7 heteroatoms. The SMILES string of the molecule is CC(C)C(C#N)NS(=O)(=O)c1ccc(C#N)nc1. The maximum atomic E-state index is 11.9. The number of pyridine rings is 1. The molecule has 0 spiro atoms. The summed E-state index contributed by atoms with van der Waals surface area (Å²) in [5, 5.41) is 17.4. The highest BCUT2D eigenvalue weighted by Gasteiger charge is 2.22. The molecule has 1 unspecified atom stereocenters. The molecule has 0 radical (unpaired) electrons. The predicted octanol–water partition coefficient (Wildman–Crippen LogP) is 0.780. The summed E-state index contributed by atoms with van der Waals surface area (Å²) in [6, 6.07) is 5.47. The number of hydrogen-bond acceptors (Lipinski definition) is 5. The van der Waals surface area contributed by atoms with E-state index in [-0.39, 0.29) is 16.5 Å². The van der Waals surface area contributed by atoms with Gasteiger partial charge in [-0.15, -0.1) is 0 Å². The highest BCUT2D eigenvalue weighted by Crippen LogP contribution is 2.10. The fraction of sp³-hybridized carbons (Fsp3) is 0.364. The molecule has 0 aliphatic carbocycles. The molecule has 0 saturated heterocycles. The van der Waals surface area contributed by atoms with Gasteiger partial charge in [-0.05, 0) is 18.1 Å². The second kappa shape index (κ2) is 5.58. The summed E-state index contributed by atoms with van der Waals surface area (Å²) >= 11 is 0. The van der Waals surface area contributed by atoms with E-state index in [1.807, 2.05) is 6.07 Å². The van der Waals surface area contributed by atoms with Crippen LogP contribution in [0.4, 0.5) is 0 Å². The van der Waals surface area contributed by atoms with Crippen molar-refractivity contribution in [2.24, 2.45) is 5.92 Å². The summed E-state index contributed by atoms with van der Waals surface area (Å²) in [7, 11) is -3.79. The van der Waals surface area contributed by atoms with Crippen molar-refractivity contribution in [3.05, 3.63) is 24.0 Å². The lowest BCUT2D eigenvalue weighted by molar-refractivity contribution is 0.515. The molecular formula is C11H12N4O2S. The minimum atomic E-state index is -3.79. The molecule has 0 aliphatic rings. The normalized spacial score (nSPS) is 12.7. The van der Waals surface area contributed by atoms with E-state index in [1.54, 1.807) is 19.9 Å². The molecule has 1 heterocycles. The van der Waals surface area contributed by atoms with E-state index in [4.69, 9.17) is 10.5 Å². The van der Waals surface area contributed by atoms with Crippen molar-refractivity contribution in [1.82, 2.24) is 9.71 Å². The molecule has 6 nitrogen and oxygen atoms in total. The number of nitrogens with one attached hydrogen (secondary N) is 1. The lowest BCUT2D eigenvalue weighted by Crippen LogP contribution is -2.37. The van der Waals surface area contributed by atoms with Gasteiger partial charge in [0.25, 0.3) is 0 Å². The van der Waals surface area contributed by atoms with Crippen LogP contribution in [0, 0.1) is 28.6 Å². The van der Waals surface area contributed by atoms with E-state index < -0.39 is 16.1 Å². The van der Waals surface area contributed by atoms with E-state index in [9.17, 15) is 8.42 Å². The fourth-order valence-electron chi connectivity index (χ4n) is 1.15. The van der Waals surface area contributed by atoms with Gasteiger partial charge in [-0.25, -0.2) is 13.4 Å². The van der Waals surface area contributed by atoms with E-state index in [1.165, 1.54) is 12.1 Å². The van der Waals surface area contributed by atoms with Crippen LogP contribution in [0.15, 0.2) is 23.2 Å². The Kier molecular flexibility index (Phi) is 4.38. The molecule has 1 aromatic rings. The van der Waals surface area contributed by atoms with Crippen molar-refractivity contribution >= 4 is 10.0 Å². The summed E-state index contributed by atoms with van der Waals surface area (Å²) in [6.45, 7) is 3.49. The summed E-state index contributed by atoms with van der Waals surface area (Å²) in [6.07, 6.45) is 1.09. The van der Waals surface area contributed by atoms with Gasteiger partial charge in [0.2, 0.25) is 10.0 Å². The topological polar surface area (TPSA) is 107 Å². The summed E-state index contributed by atoms with van der Waals surface area (Å²) in [4.78, 5) is 3.61. The fourth-order valence-corrected chi connectivity index (χ4v) is 2.39. The third kappa shape index (κ3) is 3.27. The number of hydrogen-bond donors (Lipinski definition) is 1. The number of nitrogens with zero attached hydrogens (tertiary/aromatic N) is 3. The van der Waals surface area contributed by atoms with Crippen LogP contribution < -0.4 is 4.72 Å². The van der Waals surface area contributed by atoms with Crippen LogP contribution in [0.5, 0.6) is 0 Å². The molecule has 1 N–H and O–H groups in total. The van der Waals surface area contributed by atoms with Crippen molar-refractivity contribution in [2.45, 2.75) is 24.8 Å². The van der Waals surface area contributed by atoms with Gasteiger partial charge in [-0.3, -0.25) is 0 Å². The molecular weight excluding hydrogens is 252 g/mol. The van der Waals surface area contributed by atoms with Crippen LogP contribution in [0.3, 0.4) is 0 Å². The van der Waals surface area contributed by atoms with Crippen molar-refractivity contribution in [2.75, 3.05) is 0 Å².